The van der Waals surface area contributed by atoms with Gasteiger partial charge in [0.05, 0.1) is 0 Å². The van der Waals surface area contributed by atoms with Crippen molar-refractivity contribution < 1.29 is 14.4 Å². The molecule has 0 aliphatic carbocycles. The second-order valence-electron chi connectivity index (χ2n) is 3.44. The zero-order valence-electron chi connectivity index (χ0n) is 9.71. The zero-order valence-corrected chi connectivity index (χ0v) is 10.5. The van der Waals surface area contributed by atoms with Crippen LogP contribution in [0.2, 0.25) is 0 Å². The Bertz CT molecular complexity index is 481. The van der Waals surface area contributed by atoms with Crippen molar-refractivity contribution in [2.75, 3.05) is 6.61 Å². The number of rotatable bonds is 5. The maximum atomic E-state index is 9.56. The summed E-state index contributed by atoms with van der Waals surface area (Å²) in [6.07, 6.45) is 0.628. The van der Waals surface area contributed by atoms with Gasteiger partial charge in [-0.2, -0.15) is 4.98 Å². The zero-order chi connectivity index (χ0) is 12.3. The molecular formula is C11H14N2O3S. The Morgan fingerprint density at radius 1 is 1.53 bits per heavy atom. The molecule has 0 aromatic carbocycles. The molecule has 0 fully saturated rings. The monoisotopic (exact) mass is 254 g/mol. The van der Waals surface area contributed by atoms with Crippen molar-refractivity contribution >= 4 is 11.3 Å². The molecule has 2 aromatic heterocycles. The van der Waals surface area contributed by atoms with Crippen LogP contribution in [0.25, 0.3) is 10.8 Å². The molecule has 0 radical (unpaired) electrons. The van der Waals surface area contributed by atoms with Crippen molar-refractivity contribution in [3.8, 4) is 16.5 Å². The number of aromatic nitrogens is 2. The van der Waals surface area contributed by atoms with E-state index in [9.17, 15) is 5.11 Å². The highest BCUT2D eigenvalue weighted by Gasteiger charge is 2.19. The smallest absolute Gasteiger partial charge is 0.271 e. The summed E-state index contributed by atoms with van der Waals surface area (Å²) in [5, 5.41) is 15.2. The van der Waals surface area contributed by atoms with Gasteiger partial charge in [-0.05, 0) is 24.8 Å². The Morgan fingerprint density at radius 3 is 2.94 bits per heavy atom. The second-order valence-corrected chi connectivity index (χ2v) is 4.36. The van der Waals surface area contributed by atoms with Gasteiger partial charge in [-0.1, -0.05) is 12.1 Å². The van der Waals surface area contributed by atoms with Crippen molar-refractivity contribution in [2.24, 2.45) is 0 Å². The predicted octanol–water partition coefficient (Wildman–Crippen LogP) is 2.99. The fraction of sp³-hybridized carbons (Fsp3) is 0.455. The SMILES string of the molecule is CCOC(CC)c1noc(-c2sccc2O)n1. The van der Waals surface area contributed by atoms with E-state index in [0.717, 1.165) is 6.42 Å². The molecular weight excluding hydrogens is 240 g/mol. The molecule has 17 heavy (non-hydrogen) atoms. The van der Waals surface area contributed by atoms with Crippen LogP contribution < -0.4 is 0 Å². The standard InChI is InChI=1S/C11H14N2O3S/c1-3-8(15-4-2)10-12-11(16-13-10)9-7(14)5-6-17-9/h5-6,8,14H,3-4H2,1-2H3. The number of ether oxygens (including phenoxy) is 1. The summed E-state index contributed by atoms with van der Waals surface area (Å²) in [6, 6.07) is 1.60. The van der Waals surface area contributed by atoms with Crippen molar-refractivity contribution in [3.05, 3.63) is 17.3 Å². The largest absolute Gasteiger partial charge is 0.506 e. The van der Waals surface area contributed by atoms with Crippen LogP contribution in [-0.2, 0) is 4.74 Å². The van der Waals surface area contributed by atoms with E-state index in [1.807, 2.05) is 13.8 Å². The normalized spacial score (nSPS) is 12.8. The molecule has 0 aliphatic heterocycles. The summed E-state index contributed by atoms with van der Waals surface area (Å²) in [5.41, 5.74) is 0. The predicted molar refractivity (Wildman–Crippen MR) is 63.9 cm³/mol. The van der Waals surface area contributed by atoms with E-state index in [-0.39, 0.29) is 11.9 Å². The van der Waals surface area contributed by atoms with Crippen LogP contribution in [0.1, 0.15) is 32.2 Å². The minimum atomic E-state index is -0.153. The molecule has 2 aromatic rings. The van der Waals surface area contributed by atoms with Gasteiger partial charge >= 0.3 is 0 Å². The Kier molecular flexibility index (Phi) is 3.75. The lowest BCUT2D eigenvalue weighted by atomic mass is 10.2. The Balaban J connectivity index is 2.24. The summed E-state index contributed by atoms with van der Waals surface area (Å²) >= 11 is 1.36. The fourth-order valence-corrected chi connectivity index (χ4v) is 2.20. The average molecular weight is 254 g/mol. The number of aromatic hydroxyl groups is 1. The summed E-state index contributed by atoms with van der Waals surface area (Å²) in [5.74, 6) is 1.03. The van der Waals surface area contributed by atoms with E-state index in [4.69, 9.17) is 9.26 Å². The molecule has 0 amide bonds. The van der Waals surface area contributed by atoms with Crippen LogP contribution in [0.15, 0.2) is 16.0 Å². The Labute approximate surface area is 103 Å². The third-order valence-corrected chi connectivity index (χ3v) is 3.20. The van der Waals surface area contributed by atoms with Crippen LogP contribution in [-0.4, -0.2) is 21.9 Å². The lowest BCUT2D eigenvalue weighted by Gasteiger charge is -2.09. The first-order valence-electron chi connectivity index (χ1n) is 5.48. The highest BCUT2D eigenvalue weighted by molar-refractivity contribution is 7.13. The molecule has 5 nitrogen and oxygen atoms in total. The molecule has 92 valence electrons. The van der Waals surface area contributed by atoms with Crippen molar-refractivity contribution in [2.45, 2.75) is 26.4 Å². The van der Waals surface area contributed by atoms with E-state index >= 15 is 0 Å². The van der Waals surface area contributed by atoms with E-state index in [2.05, 4.69) is 10.1 Å². The average Bonchev–Trinajstić information content (AvgIpc) is 2.94. The van der Waals surface area contributed by atoms with Gasteiger partial charge in [-0.15, -0.1) is 11.3 Å². The second kappa shape index (κ2) is 5.29. The molecule has 0 spiro atoms. The lowest BCUT2D eigenvalue weighted by Crippen LogP contribution is -2.04. The number of nitrogens with zero attached hydrogens (tertiary/aromatic N) is 2. The van der Waals surface area contributed by atoms with Gasteiger partial charge in [0.2, 0.25) is 5.82 Å². The first kappa shape index (κ1) is 12.1. The van der Waals surface area contributed by atoms with E-state index in [1.54, 1.807) is 11.4 Å². The quantitative estimate of drug-likeness (QED) is 0.888. The fourth-order valence-electron chi connectivity index (χ4n) is 1.50. The minimum Gasteiger partial charge on any atom is -0.506 e. The highest BCUT2D eigenvalue weighted by atomic mass is 32.1. The van der Waals surface area contributed by atoms with Gasteiger partial charge in [-0.3, -0.25) is 0 Å². The summed E-state index contributed by atoms with van der Waals surface area (Å²) in [6.45, 7) is 4.53. The van der Waals surface area contributed by atoms with E-state index in [0.29, 0.717) is 23.2 Å². The molecule has 1 unspecified atom stereocenters. The maximum Gasteiger partial charge on any atom is 0.271 e. The number of hydrogen-bond donors (Lipinski definition) is 1. The topological polar surface area (TPSA) is 68.4 Å². The summed E-state index contributed by atoms with van der Waals surface area (Å²) < 4.78 is 10.6. The van der Waals surface area contributed by atoms with Crippen LogP contribution in [0, 0.1) is 0 Å². The van der Waals surface area contributed by atoms with Crippen LogP contribution in [0.3, 0.4) is 0 Å². The summed E-state index contributed by atoms with van der Waals surface area (Å²) in [7, 11) is 0. The molecule has 0 saturated heterocycles. The lowest BCUT2D eigenvalue weighted by molar-refractivity contribution is 0.0518. The molecule has 1 N–H and O–H groups in total. The molecule has 0 saturated carbocycles. The molecule has 2 rings (SSSR count). The van der Waals surface area contributed by atoms with Crippen molar-refractivity contribution in [3.63, 3.8) is 0 Å². The van der Waals surface area contributed by atoms with Gasteiger partial charge in [0.15, 0.2) is 0 Å². The first-order valence-corrected chi connectivity index (χ1v) is 6.36. The Morgan fingerprint density at radius 2 is 2.35 bits per heavy atom. The van der Waals surface area contributed by atoms with Crippen LogP contribution in [0.4, 0.5) is 0 Å². The molecule has 2 heterocycles. The number of hydrogen-bond acceptors (Lipinski definition) is 6. The van der Waals surface area contributed by atoms with Crippen LogP contribution >= 0.6 is 11.3 Å². The van der Waals surface area contributed by atoms with E-state index in [1.165, 1.54) is 11.3 Å². The molecule has 0 aliphatic rings. The van der Waals surface area contributed by atoms with E-state index < -0.39 is 0 Å². The Hall–Kier alpha value is -1.40. The van der Waals surface area contributed by atoms with Gasteiger partial charge in [0, 0.05) is 6.61 Å². The third-order valence-electron chi connectivity index (χ3n) is 2.31. The number of thiophene rings is 1. The van der Waals surface area contributed by atoms with Gasteiger partial charge < -0.3 is 14.4 Å². The van der Waals surface area contributed by atoms with Crippen molar-refractivity contribution in [1.29, 1.82) is 0 Å². The summed E-state index contributed by atoms with van der Waals surface area (Å²) in [4.78, 5) is 4.84. The van der Waals surface area contributed by atoms with Crippen molar-refractivity contribution in [1.82, 2.24) is 10.1 Å². The maximum absolute atomic E-state index is 9.56. The molecule has 6 heteroatoms. The van der Waals surface area contributed by atoms with Gasteiger partial charge in [0.1, 0.15) is 16.7 Å². The van der Waals surface area contributed by atoms with Gasteiger partial charge in [-0.25, -0.2) is 0 Å². The molecule has 1 atom stereocenters. The minimum absolute atomic E-state index is 0.153. The highest BCUT2D eigenvalue weighted by Crippen LogP contribution is 2.34. The van der Waals surface area contributed by atoms with Gasteiger partial charge in [0.25, 0.3) is 5.89 Å². The molecule has 0 bridgehead atoms. The first-order chi connectivity index (χ1) is 8.26. The van der Waals surface area contributed by atoms with Crippen LogP contribution in [0.5, 0.6) is 5.75 Å². The third kappa shape index (κ3) is 2.48.